The van der Waals surface area contributed by atoms with Gasteiger partial charge in [-0.2, -0.15) is 4.68 Å². The Bertz CT molecular complexity index is 1130. The second kappa shape index (κ2) is 6.77. The van der Waals surface area contributed by atoms with Crippen molar-refractivity contribution >= 4 is 44.6 Å². The predicted molar refractivity (Wildman–Crippen MR) is 103 cm³/mol. The van der Waals surface area contributed by atoms with Crippen molar-refractivity contribution in [3.8, 4) is 10.6 Å². The van der Waals surface area contributed by atoms with Crippen LogP contribution in [0.3, 0.4) is 0 Å². The van der Waals surface area contributed by atoms with Crippen LogP contribution in [0.4, 0.5) is 5.13 Å². The fourth-order valence-electron chi connectivity index (χ4n) is 2.44. The average molecular weight is 383 g/mol. The first-order valence-corrected chi connectivity index (χ1v) is 9.54. The van der Waals surface area contributed by atoms with E-state index in [1.165, 1.54) is 11.3 Å². The zero-order chi connectivity index (χ0) is 18.1. The first kappa shape index (κ1) is 16.6. The van der Waals surface area contributed by atoms with Crippen molar-refractivity contribution in [3.63, 3.8) is 0 Å². The Morgan fingerprint density at radius 1 is 1.19 bits per heavy atom. The number of fused-ring (bicyclic) bond motifs is 1. The van der Waals surface area contributed by atoms with Gasteiger partial charge in [-0.1, -0.05) is 23.4 Å². The molecule has 0 fully saturated rings. The molecule has 7 nitrogen and oxygen atoms in total. The van der Waals surface area contributed by atoms with Crippen molar-refractivity contribution in [1.82, 2.24) is 20.0 Å². The largest absolute Gasteiger partial charge is 0.300 e. The van der Waals surface area contributed by atoms with Gasteiger partial charge in [0.1, 0.15) is 11.6 Å². The van der Waals surface area contributed by atoms with Crippen molar-refractivity contribution in [1.29, 1.82) is 0 Å². The lowest BCUT2D eigenvalue weighted by molar-refractivity contribution is -0.119. The first-order valence-electron chi connectivity index (χ1n) is 7.78. The highest BCUT2D eigenvalue weighted by molar-refractivity contribution is 7.16. The molecule has 26 heavy (non-hydrogen) atoms. The molecule has 0 aliphatic rings. The summed E-state index contributed by atoms with van der Waals surface area (Å²) in [5.74, 6) is -0.372. The molecule has 0 aliphatic heterocycles. The average Bonchev–Trinajstić information content (AvgIpc) is 3.33. The van der Waals surface area contributed by atoms with Crippen LogP contribution >= 0.6 is 22.7 Å². The maximum atomic E-state index is 12.6. The molecule has 0 aliphatic carbocycles. The zero-order valence-corrected chi connectivity index (χ0v) is 15.3. The van der Waals surface area contributed by atoms with Crippen LogP contribution in [-0.2, 0) is 4.79 Å². The van der Waals surface area contributed by atoms with E-state index < -0.39 is 6.04 Å². The Labute approximate surface area is 156 Å². The lowest BCUT2D eigenvalue weighted by atomic mass is 10.2. The molecule has 130 valence electrons. The van der Waals surface area contributed by atoms with E-state index in [4.69, 9.17) is 0 Å². The van der Waals surface area contributed by atoms with Gasteiger partial charge in [0, 0.05) is 5.38 Å². The molecule has 1 atom stereocenters. The van der Waals surface area contributed by atoms with Gasteiger partial charge < -0.3 is 5.32 Å². The monoisotopic (exact) mass is 383 g/mol. The van der Waals surface area contributed by atoms with Crippen LogP contribution in [0, 0.1) is 0 Å². The Balaban J connectivity index is 1.57. The summed E-state index contributed by atoms with van der Waals surface area (Å²) in [6, 6.07) is 10.0. The SMILES string of the molecule is C[C@H](C(=O)Nc1nc(-c2cccs2)cs1)n1nnc2ccccc2c1=O. The lowest BCUT2D eigenvalue weighted by Crippen LogP contribution is -2.34. The molecule has 4 rings (SSSR count). The van der Waals surface area contributed by atoms with Crippen LogP contribution in [-0.4, -0.2) is 25.9 Å². The molecule has 1 amide bonds. The number of amides is 1. The van der Waals surface area contributed by atoms with Crippen molar-refractivity contribution in [2.24, 2.45) is 0 Å². The predicted octanol–water partition coefficient (Wildman–Crippen LogP) is 3.18. The van der Waals surface area contributed by atoms with E-state index in [2.05, 4.69) is 20.6 Å². The maximum absolute atomic E-state index is 12.6. The Morgan fingerprint density at radius 3 is 2.85 bits per heavy atom. The van der Waals surface area contributed by atoms with Crippen molar-refractivity contribution in [2.75, 3.05) is 5.32 Å². The molecule has 0 saturated carbocycles. The number of carbonyl (C=O) groups is 1. The van der Waals surface area contributed by atoms with Gasteiger partial charge >= 0.3 is 0 Å². The number of aromatic nitrogens is 4. The minimum Gasteiger partial charge on any atom is -0.300 e. The third-order valence-electron chi connectivity index (χ3n) is 3.85. The van der Waals surface area contributed by atoms with Crippen LogP contribution in [0.1, 0.15) is 13.0 Å². The molecule has 0 unspecified atom stereocenters. The van der Waals surface area contributed by atoms with E-state index in [-0.39, 0.29) is 11.5 Å². The summed E-state index contributed by atoms with van der Waals surface area (Å²) in [6.07, 6.45) is 0. The van der Waals surface area contributed by atoms with Gasteiger partial charge in [0.2, 0.25) is 0 Å². The second-order valence-electron chi connectivity index (χ2n) is 5.54. The lowest BCUT2D eigenvalue weighted by Gasteiger charge is -2.12. The number of nitrogens with zero attached hydrogens (tertiary/aromatic N) is 4. The molecule has 3 heterocycles. The fourth-order valence-corrected chi connectivity index (χ4v) is 3.92. The van der Waals surface area contributed by atoms with Gasteiger partial charge in [-0.25, -0.2) is 4.98 Å². The molecule has 1 N–H and O–H groups in total. The summed E-state index contributed by atoms with van der Waals surface area (Å²) < 4.78 is 1.09. The van der Waals surface area contributed by atoms with E-state index in [1.54, 1.807) is 42.5 Å². The number of nitrogens with one attached hydrogen (secondary N) is 1. The van der Waals surface area contributed by atoms with Crippen LogP contribution in [0.5, 0.6) is 0 Å². The summed E-state index contributed by atoms with van der Waals surface area (Å²) in [5, 5.41) is 15.4. The number of carbonyl (C=O) groups excluding carboxylic acids is 1. The van der Waals surface area contributed by atoms with Crippen LogP contribution in [0.25, 0.3) is 21.5 Å². The quantitative estimate of drug-likeness (QED) is 0.585. The van der Waals surface area contributed by atoms with Crippen LogP contribution in [0.2, 0.25) is 0 Å². The third kappa shape index (κ3) is 3.02. The summed E-state index contributed by atoms with van der Waals surface area (Å²) >= 11 is 2.92. The fraction of sp³-hybridized carbons (Fsp3) is 0.118. The van der Waals surface area contributed by atoms with E-state index in [1.807, 2.05) is 22.9 Å². The van der Waals surface area contributed by atoms with Gasteiger partial charge in [0.15, 0.2) is 5.13 Å². The normalized spacial score (nSPS) is 12.2. The molecule has 1 aromatic carbocycles. The molecule has 0 radical (unpaired) electrons. The molecular weight excluding hydrogens is 370 g/mol. The Morgan fingerprint density at radius 2 is 2.04 bits per heavy atom. The Hall–Kier alpha value is -2.91. The van der Waals surface area contributed by atoms with Gasteiger partial charge in [-0.3, -0.25) is 9.59 Å². The number of anilines is 1. The van der Waals surface area contributed by atoms with Crippen molar-refractivity contribution in [3.05, 3.63) is 57.5 Å². The van der Waals surface area contributed by atoms with E-state index in [9.17, 15) is 9.59 Å². The van der Waals surface area contributed by atoms with Crippen LogP contribution in [0.15, 0.2) is 52.0 Å². The highest BCUT2D eigenvalue weighted by Crippen LogP contribution is 2.28. The molecule has 4 aromatic rings. The van der Waals surface area contributed by atoms with Gasteiger partial charge in [0.25, 0.3) is 11.5 Å². The van der Waals surface area contributed by atoms with Crippen molar-refractivity contribution in [2.45, 2.75) is 13.0 Å². The first-order chi connectivity index (χ1) is 12.6. The number of hydrogen-bond acceptors (Lipinski definition) is 7. The van der Waals surface area contributed by atoms with E-state index in [0.29, 0.717) is 16.0 Å². The van der Waals surface area contributed by atoms with E-state index >= 15 is 0 Å². The molecule has 3 aromatic heterocycles. The number of thiophene rings is 1. The Kier molecular flexibility index (Phi) is 4.31. The van der Waals surface area contributed by atoms with Gasteiger partial charge in [0.05, 0.1) is 16.0 Å². The highest BCUT2D eigenvalue weighted by Gasteiger charge is 2.20. The smallest absolute Gasteiger partial charge is 0.278 e. The summed E-state index contributed by atoms with van der Waals surface area (Å²) in [5.41, 5.74) is 0.967. The second-order valence-corrected chi connectivity index (χ2v) is 7.34. The van der Waals surface area contributed by atoms with Gasteiger partial charge in [-0.15, -0.1) is 27.8 Å². The number of rotatable bonds is 4. The highest BCUT2D eigenvalue weighted by atomic mass is 32.1. The molecular formula is C17H13N5O2S2. The van der Waals surface area contributed by atoms with Gasteiger partial charge in [-0.05, 0) is 30.5 Å². The van der Waals surface area contributed by atoms with Crippen molar-refractivity contribution < 1.29 is 4.79 Å². The molecule has 0 spiro atoms. The van der Waals surface area contributed by atoms with Crippen LogP contribution < -0.4 is 10.9 Å². The summed E-state index contributed by atoms with van der Waals surface area (Å²) in [6.45, 7) is 1.61. The maximum Gasteiger partial charge on any atom is 0.278 e. The summed E-state index contributed by atoms with van der Waals surface area (Å²) in [7, 11) is 0. The topological polar surface area (TPSA) is 89.8 Å². The molecule has 0 saturated heterocycles. The third-order valence-corrected chi connectivity index (χ3v) is 5.50. The van der Waals surface area contributed by atoms with E-state index in [0.717, 1.165) is 15.3 Å². The minimum absolute atomic E-state index is 0.350. The summed E-state index contributed by atoms with van der Waals surface area (Å²) in [4.78, 5) is 30.5. The molecule has 9 heteroatoms. The number of hydrogen-bond donors (Lipinski definition) is 1. The number of thiazole rings is 1. The number of benzene rings is 1. The minimum atomic E-state index is -0.811. The zero-order valence-electron chi connectivity index (χ0n) is 13.6. The standard InChI is InChI=1S/C17H13N5O2S2/c1-10(22-16(24)11-5-2-3-6-12(11)20-21-22)15(23)19-17-18-13(9-26-17)14-7-4-8-25-14/h2-10H,1H3,(H,18,19,23)/t10-/m1/s1. The molecule has 0 bridgehead atoms.